The highest BCUT2D eigenvalue weighted by Crippen LogP contribution is 2.24. The van der Waals surface area contributed by atoms with Crippen molar-refractivity contribution in [1.29, 1.82) is 0 Å². The van der Waals surface area contributed by atoms with Crippen LogP contribution in [0.15, 0.2) is 18.2 Å². The predicted octanol–water partition coefficient (Wildman–Crippen LogP) is 1.49. The van der Waals surface area contributed by atoms with Crippen LogP contribution < -0.4 is 4.74 Å². The van der Waals surface area contributed by atoms with Gasteiger partial charge in [-0.3, -0.25) is 10.1 Å². The zero-order valence-electron chi connectivity index (χ0n) is 8.77. The van der Waals surface area contributed by atoms with Gasteiger partial charge in [-0.2, -0.15) is 0 Å². The van der Waals surface area contributed by atoms with Gasteiger partial charge in [-0.15, -0.1) is 5.92 Å². The molecule has 0 aliphatic carbocycles. The van der Waals surface area contributed by atoms with Gasteiger partial charge in [0.2, 0.25) is 0 Å². The van der Waals surface area contributed by atoms with Crippen molar-refractivity contribution in [3.63, 3.8) is 0 Å². The van der Waals surface area contributed by atoms with Crippen molar-refractivity contribution >= 4 is 5.69 Å². The first-order valence-electron chi connectivity index (χ1n) is 4.59. The largest absolute Gasteiger partial charge is 0.481 e. The smallest absolute Gasteiger partial charge is 0.270 e. The normalized spacial score (nSPS) is 9.12. The topological polar surface area (TPSA) is 72.6 Å². The van der Waals surface area contributed by atoms with Crippen LogP contribution in [0.2, 0.25) is 0 Å². The average molecular weight is 221 g/mol. The van der Waals surface area contributed by atoms with E-state index in [0.717, 1.165) is 0 Å². The lowest BCUT2D eigenvalue weighted by Gasteiger charge is -2.06. The summed E-state index contributed by atoms with van der Waals surface area (Å²) in [6.45, 7) is 1.57. The van der Waals surface area contributed by atoms with Gasteiger partial charge in [0.15, 0.2) is 0 Å². The Balaban J connectivity index is 2.91. The maximum atomic E-state index is 10.5. The van der Waals surface area contributed by atoms with E-state index in [0.29, 0.717) is 11.3 Å². The molecule has 0 fully saturated rings. The predicted molar refractivity (Wildman–Crippen MR) is 58.0 cm³/mol. The molecule has 1 aromatic carbocycles. The Morgan fingerprint density at radius 3 is 2.88 bits per heavy atom. The summed E-state index contributed by atoms with van der Waals surface area (Å²) in [6.07, 6.45) is 0. The first-order valence-corrected chi connectivity index (χ1v) is 4.59. The van der Waals surface area contributed by atoms with Crippen LogP contribution >= 0.6 is 0 Å². The summed E-state index contributed by atoms with van der Waals surface area (Å²) in [4.78, 5) is 9.98. The van der Waals surface area contributed by atoms with Crippen LogP contribution in [0, 0.1) is 22.0 Å². The van der Waals surface area contributed by atoms with Crippen molar-refractivity contribution in [1.82, 2.24) is 0 Å². The molecule has 5 heteroatoms. The second kappa shape index (κ2) is 5.73. The van der Waals surface area contributed by atoms with Crippen molar-refractivity contribution in [2.75, 3.05) is 6.61 Å². The molecule has 0 spiro atoms. The van der Waals surface area contributed by atoms with Gasteiger partial charge in [-0.05, 0) is 13.0 Å². The molecule has 0 saturated heterocycles. The summed E-state index contributed by atoms with van der Waals surface area (Å²) >= 11 is 0. The highest BCUT2D eigenvalue weighted by atomic mass is 16.6. The number of nitro benzene ring substituents is 1. The molecule has 16 heavy (non-hydrogen) atoms. The molecule has 5 nitrogen and oxygen atoms in total. The van der Waals surface area contributed by atoms with E-state index in [4.69, 9.17) is 9.84 Å². The number of aliphatic hydroxyl groups excluding tert-OH is 1. The Labute approximate surface area is 92.8 Å². The summed E-state index contributed by atoms with van der Waals surface area (Å²) in [5.41, 5.74) is 0.310. The molecule has 0 heterocycles. The van der Waals surface area contributed by atoms with Crippen molar-refractivity contribution in [3.8, 4) is 17.6 Å². The number of hydrogen-bond acceptors (Lipinski definition) is 4. The lowest BCUT2D eigenvalue weighted by Crippen LogP contribution is -1.99. The quantitative estimate of drug-likeness (QED) is 0.475. The fourth-order valence-electron chi connectivity index (χ4n) is 1.13. The molecule has 0 aliphatic rings. The molecule has 1 aromatic rings. The molecule has 0 saturated carbocycles. The molecule has 0 atom stereocenters. The van der Waals surface area contributed by atoms with Crippen molar-refractivity contribution < 1.29 is 14.8 Å². The SMILES string of the molecule is CC#CCOc1ccc([N+](=O)[O-])cc1CO. The number of non-ortho nitro benzene ring substituents is 1. The van der Waals surface area contributed by atoms with E-state index in [-0.39, 0.29) is 18.9 Å². The highest BCUT2D eigenvalue weighted by Gasteiger charge is 2.10. The Morgan fingerprint density at radius 1 is 1.56 bits per heavy atom. The van der Waals surface area contributed by atoms with Gasteiger partial charge in [0.05, 0.1) is 11.5 Å². The van der Waals surface area contributed by atoms with Crippen molar-refractivity contribution in [3.05, 3.63) is 33.9 Å². The molecule has 0 unspecified atom stereocenters. The number of nitro groups is 1. The highest BCUT2D eigenvalue weighted by molar-refractivity contribution is 5.43. The summed E-state index contributed by atoms with van der Waals surface area (Å²) in [7, 11) is 0. The van der Waals surface area contributed by atoms with E-state index in [1.165, 1.54) is 18.2 Å². The van der Waals surface area contributed by atoms with Crippen LogP contribution in [-0.4, -0.2) is 16.6 Å². The molecule has 0 radical (unpaired) electrons. The Kier molecular flexibility index (Phi) is 4.30. The second-order valence-corrected chi connectivity index (χ2v) is 2.92. The maximum absolute atomic E-state index is 10.5. The van der Waals surface area contributed by atoms with Gasteiger partial charge in [-0.1, -0.05) is 5.92 Å². The minimum absolute atomic E-state index is 0.0713. The minimum Gasteiger partial charge on any atom is -0.481 e. The molecule has 0 bridgehead atoms. The van der Waals surface area contributed by atoms with E-state index in [9.17, 15) is 10.1 Å². The van der Waals surface area contributed by atoms with Crippen LogP contribution in [0.4, 0.5) is 5.69 Å². The van der Waals surface area contributed by atoms with E-state index in [1.807, 2.05) is 0 Å². The molecular weight excluding hydrogens is 210 g/mol. The standard InChI is InChI=1S/C11H11NO4/c1-2-3-6-16-11-5-4-10(12(14)15)7-9(11)8-13/h4-5,7,13H,6,8H2,1H3. The fraction of sp³-hybridized carbons (Fsp3) is 0.273. The first kappa shape index (κ1) is 12.0. The second-order valence-electron chi connectivity index (χ2n) is 2.92. The molecule has 0 aromatic heterocycles. The Bertz CT molecular complexity index is 445. The van der Waals surface area contributed by atoms with Gasteiger partial charge in [0.1, 0.15) is 12.4 Å². The van der Waals surface area contributed by atoms with Crippen LogP contribution in [-0.2, 0) is 6.61 Å². The molecule has 1 N–H and O–H groups in total. The van der Waals surface area contributed by atoms with Crippen molar-refractivity contribution in [2.24, 2.45) is 0 Å². The van der Waals surface area contributed by atoms with E-state index >= 15 is 0 Å². The van der Waals surface area contributed by atoms with Crippen LogP contribution in [0.5, 0.6) is 5.75 Å². The van der Waals surface area contributed by atoms with E-state index < -0.39 is 4.92 Å². The zero-order chi connectivity index (χ0) is 12.0. The minimum atomic E-state index is -0.519. The molecule has 84 valence electrons. The van der Waals surface area contributed by atoms with Crippen LogP contribution in [0.25, 0.3) is 0 Å². The molecular formula is C11H11NO4. The number of aliphatic hydroxyl groups is 1. The van der Waals surface area contributed by atoms with Gasteiger partial charge in [0.25, 0.3) is 5.69 Å². The summed E-state index contributed by atoms with van der Waals surface area (Å²) in [6, 6.07) is 4.07. The van der Waals surface area contributed by atoms with E-state index in [2.05, 4.69) is 11.8 Å². The Morgan fingerprint density at radius 2 is 2.31 bits per heavy atom. The number of benzene rings is 1. The molecule has 1 rings (SSSR count). The molecule has 0 amide bonds. The first-order chi connectivity index (χ1) is 7.69. The van der Waals surface area contributed by atoms with Gasteiger partial charge < -0.3 is 9.84 Å². The average Bonchev–Trinajstić information content (AvgIpc) is 2.29. The Hall–Kier alpha value is -2.06. The van der Waals surface area contributed by atoms with Crippen LogP contribution in [0.1, 0.15) is 12.5 Å². The lowest BCUT2D eigenvalue weighted by atomic mass is 10.2. The fourth-order valence-corrected chi connectivity index (χ4v) is 1.13. The van der Waals surface area contributed by atoms with Gasteiger partial charge in [-0.25, -0.2) is 0 Å². The van der Waals surface area contributed by atoms with Gasteiger partial charge in [0, 0.05) is 17.7 Å². The summed E-state index contributed by atoms with van der Waals surface area (Å²) in [5.74, 6) is 5.77. The number of rotatable bonds is 4. The number of nitrogens with zero attached hydrogens (tertiary/aromatic N) is 1. The van der Waals surface area contributed by atoms with Crippen molar-refractivity contribution in [2.45, 2.75) is 13.5 Å². The van der Waals surface area contributed by atoms with Gasteiger partial charge >= 0.3 is 0 Å². The lowest BCUT2D eigenvalue weighted by molar-refractivity contribution is -0.385. The monoisotopic (exact) mass is 221 g/mol. The number of hydrogen-bond donors (Lipinski definition) is 1. The summed E-state index contributed by atoms with van der Waals surface area (Å²) < 4.78 is 5.25. The number of ether oxygens (including phenoxy) is 1. The van der Waals surface area contributed by atoms with E-state index in [1.54, 1.807) is 6.92 Å². The maximum Gasteiger partial charge on any atom is 0.270 e. The zero-order valence-corrected chi connectivity index (χ0v) is 8.77. The third-order valence-electron chi connectivity index (χ3n) is 1.90. The summed E-state index contributed by atoms with van der Waals surface area (Å²) in [5, 5.41) is 19.5. The third kappa shape index (κ3) is 2.97. The van der Waals surface area contributed by atoms with Crippen LogP contribution in [0.3, 0.4) is 0 Å². The molecule has 0 aliphatic heterocycles. The third-order valence-corrected chi connectivity index (χ3v) is 1.90.